The Hall–Kier alpha value is -0.300. The second-order valence-corrected chi connectivity index (χ2v) is 4.81. The predicted molar refractivity (Wildman–Crippen MR) is 56.6 cm³/mol. The Morgan fingerprint density at radius 1 is 1.46 bits per heavy atom. The summed E-state index contributed by atoms with van der Waals surface area (Å²) in [4.78, 5) is 2.67. The minimum atomic E-state index is 0.815. The largest absolute Gasteiger partial charge is 0.300 e. The van der Waals surface area contributed by atoms with E-state index in [-0.39, 0.29) is 0 Å². The first kappa shape index (κ1) is 9.26. The van der Waals surface area contributed by atoms with E-state index in [9.17, 15) is 0 Å². The molecule has 1 nitrogen and oxygen atoms in total. The van der Waals surface area contributed by atoms with Gasteiger partial charge in [0.25, 0.3) is 0 Å². The van der Waals surface area contributed by atoms with Crippen molar-refractivity contribution in [3.8, 4) is 0 Å². The summed E-state index contributed by atoms with van der Waals surface area (Å²) in [5.41, 5.74) is 0. The van der Waals surface area contributed by atoms with Gasteiger partial charge in [-0.15, -0.1) is 0 Å². The fraction of sp³-hybridized carbons (Fsp3) is 0.833. The molecule has 0 aromatic rings. The van der Waals surface area contributed by atoms with E-state index in [1.54, 1.807) is 0 Å². The van der Waals surface area contributed by atoms with Crippen molar-refractivity contribution in [1.82, 2.24) is 4.90 Å². The lowest BCUT2D eigenvalue weighted by atomic mass is 9.87. The summed E-state index contributed by atoms with van der Waals surface area (Å²) in [6, 6.07) is 0.838. The van der Waals surface area contributed by atoms with Crippen molar-refractivity contribution < 1.29 is 0 Å². The lowest BCUT2D eigenvalue weighted by Crippen LogP contribution is -2.36. The second-order valence-electron chi connectivity index (χ2n) is 4.81. The molecular formula is C12H21N. The second kappa shape index (κ2) is 3.45. The van der Waals surface area contributed by atoms with E-state index in [0.717, 1.165) is 23.8 Å². The highest BCUT2D eigenvalue weighted by Gasteiger charge is 2.42. The molecule has 1 fully saturated rings. The Labute approximate surface area is 81.8 Å². The van der Waals surface area contributed by atoms with Crippen LogP contribution in [0.15, 0.2) is 12.2 Å². The molecule has 1 heterocycles. The Bertz CT molecular complexity index is 207. The molecule has 0 bridgehead atoms. The molecule has 0 aromatic heterocycles. The van der Waals surface area contributed by atoms with Crippen LogP contribution in [0.4, 0.5) is 0 Å². The summed E-state index contributed by atoms with van der Waals surface area (Å²) >= 11 is 0. The zero-order chi connectivity index (χ0) is 9.42. The van der Waals surface area contributed by atoms with E-state index >= 15 is 0 Å². The first-order chi connectivity index (χ1) is 6.24. The number of hydrogen-bond acceptors (Lipinski definition) is 1. The van der Waals surface area contributed by atoms with Gasteiger partial charge in [0, 0.05) is 12.6 Å². The van der Waals surface area contributed by atoms with Gasteiger partial charge in [-0.1, -0.05) is 32.9 Å². The van der Waals surface area contributed by atoms with E-state index in [0.29, 0.717) is 0 Å². The first-order valence-corrected chi connectivity index (χ1v) is 5.64. The van der Waals surface area contributed by atoms with Crippen molar-refractivity contribution in [1.29, 1.82) is 0 Å². The van der Waals surface area contributed by atoms with Gasteiger partial charge in [0.1, 0.15) is 0 Å². The maximum absolute atomic E-state index is 2.67. The van der Waals surface area contributed by atoms with Crippen LogP contribution in [0.3, 0.4) is 0 Å². The third kappa shape index (κ3) is 1.43. The molecule has 2 rings (SSSR count). The zero-order valence-corrected chi connectivity index (χ0v) is 9.03. The van der Waals surface area contributed by atoms with Crippen LogP contribution in [-0.4, -0.2) is 24.0 Å². The lowest BCUT2D eigenvalue weighted by Gasteiger charge is -2.29. The fourth-order valence-corrected chi connectivity index (χ4v) is 3.24. The number of hydrogen-bond donors (Lipinski definition) is 0. The van der Waals surface area contributed by atoms with Gasteiger partial charge in [-0.25, -0.2) is 0 Å². The van der Waals surface area contributed by atoms with Crippen LogP contribution in [0.25, 0.3) is 0 Å². The van der Waals surface area contributed by atoms with Crippen LogP contribution >= 0.6 is 0 Å². The highest BCUT2D eigenvalue weighted by molar-refractivity contribution is 5.10. The molecule has 0 saturated carbocycles. The average Bonchev–Trinajstić information content (AvgIpc) is 2.59. The maximum atomic E-state index is 2.67. The van der Waals surface area contributed by atoms with E-state index < -0.39 is 0 Å². The molecule has 1 saturated heterocycles. The zero-order valence-electron chi connectivity index (χ0n) is 9.03. The van der Waals surface area contributed by atoms with Crippen LogP contribution < -0.4 is 0 Å². The van der Waals surface area contributed by atoms with Crippen LogP contribution in [0, 0.1) is 17.8 Å². The normalized spacial score (nSPS) is 38.9. The van der Waals surface area contributed by atoms with Gasteiger partial charge in [-0.05, 0) is 30.7 Å². The van der Waals surface area contributed by atoms with Crippen molar-refractivity contribution in [3.05, 3.63) is 12.2 Å². The maximum Gasteiger partial charge on any atom is 0.0156 e. The summed E-state index contributed by atoms with van der Waals surface area (Å²) in [5.74, 6) is 2.61. The van der Waals surface area contributed by atoms with Crippen LogP contribution in [0.1, 0.15) is 27.2 Å². The molecule has 3 unspecified atom stereocenters. The molecule has 3 atom stereocenters. The van der Waals surface area contributed by atoms with Crippen molar-refractivity contribution in [2.45, 2.75) is 33.2 Å². The molecule has 0 aromatic carbocycles. The summed E-state index contributed by atoms with van der Waals surface area (Å²) < 4.78 is 0. The van der Waals surface area contributed by atoms with Crippen molar-refractivity contribution >= 4 is 0 Å². The van der Waals surface area contributed by atoms with E-state index in [1.165, 1.54) is 19.5 Å². The molecule has 74 valence electrons. The summed E-state index contributed by atoms with van der Waals surface area (Å²) in [6.45, 7) is 9.56. The van der Waals surface area contributed by atoms with E-state index in [1.807, 2.05) is 0 Å². The van der Waals surface area contributed by atoms with E-state index in [2.05, 4.69) is 37.8 Å². The molecule has 1 aliphatic carbocycles. The topological polar surface area (TPSA) is 3.24 Å². The van der Waals surface area contributed by atoms with Gasteiger partial charge in [0.05, 0.1) is 0 Å². The van der Waals surface area contributed by atoms with Gasteiger partial charge in [-0.2, -0.15) is 0 Å². The third-order valence-electron chi connectivity index (χ3n) is 3.74. The molecule has 1 heteroatoms. The number of likely N-dealkylation sites (tertiary alicyclic amines) is 1. The van der Waals surface area contributed by atoms with Crippen molar-refractivity contribution in [3.63, 3.8) is 0 Å². The first-order valence-electron chi connectivity index (χ1n) is 5.64. The molecule has 2 aliphatic rings. The Kier molecular flexibility index (Phi) is 2.46. The standard InChI is InChI=1S/C12H21N/c1-4-13-8-10-6-5-7-11(10)12(13)9(2)3/h5-6,9-12H,4,7-8H2,1-3H3. The lowest BCUT2D eigenvalue weighted by molar-refractivity contribution is 0.184. The number of rotatable bonds is 2. The average molecular weight is 179 g/mol. The predicted octanol–water partition coefficient (Wildman–Crippen LogP) is 2.54. The monoisotopic (exact) mass is 179 g/mol. The summed E-state index contributed by atoms with van der Waals surface area (Å²) in [7, 11) is 0. The fourth-order valence-electron chi connectivity index (χ4n) is 3.24. The summed E-state index contributed by atoms with van der Waals surface area (Å²) in [5, 5.41) is 0. The highest BCUT2D eigenvalue weighted by atomic mass is 15.2. The Morgan fingerprint density at radius 3 is 2.85 bits per heavy atom. The van der Waals surface area contributed by atoms with Crippen molar-refractivity contribution in [2.75, 3.05) is 13.1 Å². The van der Waals surface area contributed by atoms with Gasteiger partial charge in [0.15, 0.2) is 0 Å². The van der Waals surface area contributed by atoms with Gasteiger partial charge >= 0.3 is 0 Å². The molecule has 0 radical (unpaired) electrons. The third-order valence-corrected chi connectivity index (χ3v) is 3.74. The summed E-state index contributed by atoms with van der Waals surface area (Å²) in [6.07, 6.45) is 6.15. The quantitative estimate of drug-likeness (QED) is 0.589. The molecular weight excluding hydrogens is 158 g/mol. The smallest absolute Gasteiger partial charge is 0.0156 e. The molecule has 1 aliphatic heterocycles. The van der Waals surface area contributed by atoms with Crippen LogP contribution in [0.5, 0.6) is 0 Å². The molecule has 0 amide bonds. The van der Waals surface area contributed by atoms with Crippen LogP contribution in [0.2, 0.25) is 0 Å². The Morgan fingerprint density at radius 2 is 2.23 bits per heavy atom. The van der Waals surface area contributed by atoms with Gasteiger partial charge in [-0.3, -0.25) is 4.90 Å². The number of fused-ring (bicyclic) bond motifs is 1. The van der Waals surface area contributed by atoms with Crippen molar-refractivity contribution in [2.24, 2.45) is 17.8 Å². The minimum Gasteiger partial charge on any atom is -0.300 e. The minimum absolute atomic E-state index is 0.815. The number of allylic oxidation sites excluding steroid dienone is 1. The van der Waals surface area contributed by atoms with Gasteiger partial charge < -0.3 is 0 Å². The highest BCUT2D eigenvalue weighted by Crippen LogP contribution is 2.40. The SMILES string of the molecule is CCN1CC2C=CCC2C1C(C)C. The molecule has 13 heavy (non-hydrogen) atoms. The van der Waals surface area contributed by atoms with E-state index in [4.69, 9.17) is 0 Å². The molecule has 0 N–H and O–H groups in total. The molecule has 0 spiro atoms. The van der Waals surface area contributed by atoms with Crippen LogP contribution in [-0.2, 0) is 0 Å². The van der Waals surface area contributed by atoms with Gasteiger partial charge in [0.2, 0.25) is 0 Å². The number of nitrogens with zero attached hydrogens (tertiary/aromatic N) is 1. The Balaban J connectivity index is 2.13.